The van der Waals surface area contributed by atoms with Gasteiger partial charge in [0, 0.05) is 39.8 Å². The number of ether oxygens (including phenoxy) is 1. The van der Waals surface area contributed by atoms with E-state index in [1.165, 1.54) is 52.0 Å². The molecule has 3 nitrogen and oxygen atoms in total. The van der Waals surface area contributed by atoms with Gasteiger partial charge in [-0.1, -0.05) is 6.92 Å². The van der Waals surface area contributed by atoms with Crippen LogP contribution < -0.4 is 0 Å². The fourth-order valence-electron chi connectivity index (χ4n) is 2.97. The Kier molecular flexibility index (Phi) is 4.62. The second kappa shape index (κ2) is 5.99. The Morgan fingerprint density at radius 1 is 1.06 bits per heavy atom. The van der Waals surface area contributed by atoms with Crippen molar-refractivity contribution in [3.63, 3.8) is 0 Å². The molecule has 2 aliphatic rings. The van der Waals surface area contributed by atoms with Gasteiger partial charge in [0.15, 0.2) is 0 Å². The van der Waals surface area contributed by atoms with Crippen molar-refractivity contribution in [2.24, 2.45) is 5.92 Å². The summed E-state index contributed by atoms with van der Waals surface area (Å²) in [7, 11) is 1.83. The third-order valence-electron chi connectivity index (χ3n) is 4.04. The molecule has 2 rings (SSSR count). The van der Waals surface area contributed by atoms with E-state index in [0.29, 0.717) is 6.10 Å². The van der Waals surface area contributed by atoms with E-state index in [0.717, 1.165) is 12.5 Å². The van der Waals surface area contributed by atoms with Crippen LogP contribution in [0.3, 0.4) is 0 Å². The molecule has 2 saturated heterocycles. The Balaban J connectivity index is 1.64. The molecule has 0 spiro atoms. The SMILES string of the molecule is COC1CCN(CCN2CCC[C@H](C)C2)C1. The van der Waals surface area contributed by atoms with Gasteiger partial charge < -0.3 is 9.64 Å². The summed E-state index contributed by atoms with van der Waals surface area (Å²) >= 11 is 0. The standard InChI is InChI=1S/C13H26N2O/c1-12-4-3-6-14(10-12)8-9-15-7-5-13(11-15)16-2/h12-13H,3-11H2,1-2H3/t12-,13?/m0/s1. The zero-order chi connectivity index (χ0) is 11.4. The minimum absolute atomic E-state index is 0.486. The molecule has 2 heterocycles. The van der Waals surface area contributed by atoms with E-state index in [1.807, 2.05) is 7.11 Å². The molecule has 0 N–H and O–H groups in total. The van der Waals surface area contributed by atoms with Gasteiger partial charge in [0.1, 0.15) is 0 Å². The fourth-order valence-corrected chi connectivity index (χ4v) is 2.97. The lowest BCUT2D eigenvalue weighted by Gasteiger charge is -2.32. The van der Waals surface area contributed by atoms with Crippen LogP contribution >= 0.6 is 0 Å². The van der Waals surface area contributed by atoms with Gasteiger partial charge in [-0.3, -0.25) is 4.90 Å². The zero-order valence-electron chi connectivity index (χ0n) is 10.8. The van der Waals surface area contributed by atoms with E-state index in [-0.39, 0.29) is 0 Å². The highest BCUT2D eigenvalue weighted by atomic mass is 16.5. The minimum atomic E-state index is 0.486. The van der Waals surface area contributed by atoms with Crippen LogP contribution in [0.2, 0.25) is 0 Å². The van der Waals surface area contributed by atoms with Gasteiger partial charge in [0.05, 0.1) is 6.10 Å². The van der Waals surface area contributed by atoms with Crippen molar-refractivity contribution in [3.05, 3.63) is 0 Å². The average Bonchev–Trinajstić information content (AvgIpc) is 2.74. The minimum Gasteiger partial charge on any atom is -0.380 e. The van der Waals surface area contributed by atoms with E-state index < -0.39 is 0 Å². The molecule has 2 aliphatic heterocycles. The van der Waals surface area contributed by atoms with Crippen LogP contribution in [0.4, 0.5) is 0 Å². The topological polar surface area (TPSA) is 15.7 Å². The van der Waals surface area contributed by atoms with E-state index in [4.69, 9.17) is 4.74 Å². The maximum atomic E-state index is 5.39. The van der Waals surface area contributed by atoms with Crippen molar-refractivity contribution in [1.82, 2.24) is 9.80 Å². The molecule has 1 unspecified atom stereocenters. The highest BCUT2D eigenvalue weighted by molar-refractivity contribution is 4.77. The first-order valence-electron chi connectivity index (χ1n) is 6.75. The molecular formula is C13H26N2O. The van der Waals surface area contributed by atoms with E-state index in [1.54, 1.807) is 0 Å². The molecule has 0 saturated carbocycles. The molecular weight excluding hydrogens is 200 g/mol. The van der Waals surface area contributed by atoms with Crippen LogP contribution in [0.1, 0.15) is 26.2 Å². The fraction of sp³-hybridized carbons (Fsp3) is 1.00. The zero-order valence-corrected chi connectivity index (χ0v) is 10.8. The predicted molar refractivity (Wildman–Crippen MR) is 66.7 cm³/mol. The highest BCUT2D eigenvalue weighted by Crippen LogP contribution is 2.16. The molecule has 2 fully saturated rings. The molecule has 3 heteroatoms. The van der Waals surface area contributed by atoms with Crippen LogP contribution in [0.5, 0.6) is 0 Å². The number of piperidine rings is 1. The molecule has 0 aromatic heterocycles. The Hall–Kier alpha value is -0.120. The summed E-state index contributed by atoms with van der Waals surface area (Å²) in [6.07, 6.45) is 4.51. The lowest BCUT2D eigenvalue weighted by Crippen LogP contribution is -2.39. The summed E-state index contributed by atoms with van der Waals surface area (Å²) in [6, 6.07) is 0. The summed E-state index contributed by atoms with van der Waals surface area (Å²) in [4.78, 5) is 5.18. The van der Waals surface area contributed by atoms with Crippen molar-refractivity contribution in [2.45, 2.75) is 32.3 Å². The Bertz CT molecular complexity index is 210. The third kappa shape index (κ3) is 3.44. The van der Waals surface area contributed by atoms with E-state index >= 15 is 0 Å². The van der Waals surface area contributed by atoms with Crippen LogP contribution in [-0.2, 0) is 4.74 Å². The molecule has 16 heavy (non-hydrogen) atoms. The monoisotopic (exact) mass is 226 g/mol. The number of nitrogens with zero attached hydrogens (tertiary/aromatic N) is 2. The lowest BCUT2D eigenvalue weighted by molar-refractivity contribution is 0.104. The molecule has 0 radical (unpaired) electrons. The van der Waals surface area contributed by atoms with Crippen molar-refractivity contribution in [2.75, 3.05) is 46.4 Å². The van der Waals surface area contributed by atoms with E-state index in [2.05, 4.69) is 16.7 Å². The van der Waals surface area contributed by atoms with Crippen LogP contribution in [0.25, 0.3) is 0 Å². The van der Waals surface area contributed by atoms with Crippen LogP contribution in [0, 0.1) is 5.92 Å². The van der Waals surface area contributed by atoms with Crippen molar-refractivity contribution in [3.8, 4) is 0 Å². The first-order chi connectivity index (χ1) is 7.78. The highest BCUT2D eigenvalue weighted by Gasteiger charge is 2.23. The van der Waals surface area contributed by atoms with Crippen molar-refractivity contribution < 1.29 is 4.74 Å². The molecule has 0 aromatic carbocycles. The van der Waals surface area contributed by atoms with Gasteiger partial charge in [-0.2, -0.15) is 0 Å². The van der Waals surface area contributed by atoms with Gasteiger partial charge in [0.2, 0.25) is 0 Å². The first kappa shape index (κ1) is 12.3. The molecule has 94 valence electrons. The van der Waals surface area contributed by atoms with E-state index in [9.17, 15) is 0 Å². The van der Waals surface area contributed by atoms with Gasteiger partial charge in [-0.25, -0.2) is 0 Å². The number of methoxy groups -OCH3 is 1. The molecule has 0 aromatic rings. The Morgan fingerprint density at radius 2 is 1.81 bits per heavy atom. The number of rotatable bonds is 4. The van der Waals surface area contributed by atoms with Crippen LogP contribution in [0.15, 0.2) is 0 Å². The second-order valence-corrected chi connectivity index (χ2v) is 5.50. The third-order valence-corrected chi connectivity index (χ3v) is 4.04. The quantitative estimate of drug-likeness (QED) is 0.721. The molecule has 0 amide bonds. The predicted octanol–water partition coefficient (Wildman–Crippen LogP) is 1.44. The van der Waals surface area contributed by atoms with Gasteiger partial charge in [-0.15, -0.1) is 0 Å². The van der Waals surface area contributed by atoms with Gasteiger partial charge in [0.25, 0.3) is 0 Å². The number of likely N-dealkylation sites (tertiary alicyclic amines) is 2. The van der Waals surface area contributed by atoms with Crippen molar-refractivity contribution >= 4 is 0 Å². The maximum absolute atomic E-state index is 5.39. The van der Waals surface area contributed by atoms with Crippen molar-refractivity contribution in [1.29, 1.82) is 0 Å². The summed E-state index contributed by atoms with van der Waals surface area (Å²) in [5, 5.41) is 0. The molecule has 0 bridgehead atoms. The normalized spacial score (nSPS) is 33.4. The lowest BCUT2D eigenvalue weighted by atomic mass is 10.0. The molecule has 0 aliphatic carbocycles. The summed E-state index contributed by atoms with van der Waals surface area (Å²) < 4.78 is 5.39. The van der Waals surface area contributed by atoms with Gasteiger partial charge >= 0.3 is 0 Å². The largest absolute Gasteiger partial charge is 0.380 e. The van der Waals surface area contributed by atoms with Crippen LogP contribution in [-0.4, -0.2) is 62.3 Å². The number of hydrogen-bond donors (Lipinski definition) is 0. The smallest absolute Gasteiger partial charge is 0.0710 e. The summed E-state index contributed by atoms with van der Waals surface area (Å²) in [5.74, 6) is 0.902. The average molecular weight is 226 g/mol. The summed E-state index contributed by atoms with van der Waals surface area (Å²) in [6.45, 7) is 9.84. The first-order valence-corrected chi connectivity index (χ1v) is 6.75. The molecule has 2 atom stereocenters. The Morgan fingerprint density at radius 3 is 2.44 bits per heavy atom. The second-order valence-electron chi connectivity index (χ2n) is 5.50. The maximum Gasteiger partial charge on any atom is 0.0710 e. The van der Waals surface area contributed by atoms with Gasteiger partial charge in [-0.05, 0) is 31.7 Å². The Labute approximate surface area is 99.7 Å². The summed E-state index contributed by atoms with van der Waals surface area (Å²) in [5.41, 5.74) is 0. The number of hydrogen-bond acceptors (Lipinski definition) is 3.